The second-order valence-corrected chi connectivity index (χ2v) is 5.90. The molecule has 4 nitrogen and oxygen atoms in total. The van der Waals surface area contributed by atoms with Gasteiger partial charge < -0.3 is 14.2 Å². The monoisotopic (exact) mass is 247 g/mol. The Morgan fingerprint density at radius 2 is 1.89 bits per heavy atom. The van der Waals surface area contributed by atoms with Gasteiger partial charge in [-0.1, -0.05) is 6.08 Å². The smallest absolute Gasteiger partial charge is 0.400 e. The zero-order chi connectivity index (χ0) is 13.6. The molecule has 1 amide bonds. The van der Waals surface area contributed by atoms with Gasteiger partial charge in [-0.3, -0.25) is 4.79 Å². The van der Waals surface area contributed by atoms with Crippen LogP contribution >= 0.6 is 0 Å². The molecule has 1 saturated heterocycles. The summed E-state index contributed by atoms with van der Waals surface area (Å²) in [4.78, 5) is 12.7. The van der Waals surface area contributed by atoms with Crippen molar-refractivity contribution in [3.05, 3.63) is 11.5 Å². The van der Waals surface area contributed by atoms with Crippen LogP contribution in [-0.4, -0.2) is 50.0 Å². The van der Waals surface area contributed by atoms with Crippen molar-refractivity contribution >= 4 is 20.8 Å². The van der Waals surface area contributed by atoms with Crippen LogP contribution in [0, 0.1) is 0 Å². The van der Waals surface area contributed by atoms with Crippen LogP contribution in [0.2, 0.25) is 0 Å². The van der Waals surface area contributed by atoms with Crippen LogP contribution in [0.15, 0.2) is 11.5 Å². The number of carbonyl (C=O) groups is 1. The Balaban J connectivity index is 2.06. The van der Waals surface area contributed by atoms with E-state index in [-0.39, 0.29) is 24.1 Å². The van der Waals surface area contributed by atoms with Crippen molar-refractivity contribution < 1.29 is 14.1 Å². The Morgan fingerprint density at radius 3 is 2.28 bits per heavy atom. The van der Waals surface area contributed by atoms with Gasteiger partial charge in [0, 0.05) is 13.1 Å². The van der Waals surface area contributed by atoms with Crippen molar-refractivity contribution in [3.8, 4) is 0 Å². The lowest BCUT2D eigenvalue weighted by Crippen LogP contribution is -2.41. The average molecular weight is 247 g/mol. The average Bonchev–Trinajstić information content (AvgIpc) is 2.48. The summed E-state index contributed by atoms with van der Waals surface area (Å²) < 4.78 is 11.9. The predicted molar refractivity (Wildman–Crippen MR) is 71.5 cm³/mol. The van der Waals surface area contributed by atoms with E-state index in [9.17, 15) is 4.79 Å². The number of carbonyl (C=O) groups excluding carboxylic acids is 1. The van der Waals surface area contributed by atoms with Gasteiger partial charge in [0.05, 0.1) is 11.2 Å². The minimum atomic E-state index is -0.376. The Bertz CT molecular complexity index is 377. The molecule has 0 spiro atoms. The van der Waals surface area contributed by atoms with Crippen LogP contribution < -0.4 is 0 Å². The van der Waals surface area contributed by atoms with E-state index in [2.05, 4.69) is 0 Å². The summed E-state index contributed by atoms with van der Waals surface area (Å²) in [5.41, 5.74) is 0.463. The fourth-order valence-corrected chi connectivity index (χ4v) is 2.09. The zero-order valence-corrected chi connectivity index (χ0v) is 11.5. The molecule has 2 aliphatic rings. The van der Waals surface area contributed by atoms with E-state index in [4.69, 9.17) is 17.2 Å². The summed E-state index contributed by atoms with van der Waals surface area (Å²) in [6, 6.07) is 0. The van der Waals surface area contributed by atoms with Crippen molar-refractivity contribution in [1.29, 1.82) is 0 Å². The van der Waals surface area contributed by atoms with E-state index in [1.54, 1.807) is 4.90 Å². The summed E-state index contributed by atoms with van der Waals surface area (Å²) >= 11 is 0. The first-order valence-electron chi connectivity index (χ1n) is 6.32. The molecule has 0 aromatic heterocycles. The molecule has 0 N–H and O–H groups in total. The van der Waals surface area contributed by atoms with Gasteiger partial charge in [-0.2, -0.15) is 0 Å². The van der Waals surface area contributed by atoms with Crippen LogP contribution in [0.1, 0.15) is 34.1 Å². The topological polar surface area (TPSA) is 38.8 Å². The van der Waals surface area contributed by atoms with Crippen LogP contribution in [0.3, 0.4) is 0 Å². The van der Waals surface area contributed by atoms with Crippen molar-refractivity contribution in [2.75, 3.05) is 13.1 Å². The lowest BCUT2D eigenvalue weighted by Gasteiger charge is -2.32. The summed E-state index contributed by atoms with van der Waals surface area (Å²) in [5.74, 6) is -0.376. The standard InChI is InChI=1S/C12H19B2NO3/c1-11(2)12(3,4)18-14(17-11)9-5-7-15(8-6-9)10(13)16/h5H,6-8H2,1-4H3. The predicted octanol–water partition coefficient (Wildman–Crippen LogP) is 1.54. The molecule has 0 aromatic carbocycles. The molecule has 0 bridgehead atoms. The molecule has 2 heterocycles. The molecular formula is C12H19B2NO3. The van der Waals surface area contributed by atoms with Gasteiger partial charge in [0.25, 0.3) is 0 Å². The van der Waals surface area contributed by atoms with E-state index in [1.807, 2.05) is 33.8 Å². The van der Waals surface area contributed by atoms with E-state index >= 15 is 0 Å². The summed E-state index contributed by atoms with van der Waals surface area (Å²) in [6.45, 7) is 9.30. The first-order valence-corrected chi connectivity index (χ1v) is 6.32. The second kappa shape index (κ2) is 4.42. The largest absolute Gasteiger partial charge is 0.490 e. The molecule has 0 atom stereocenters. The third-order valence-electron chi connectivity index (χ3n) is 4.11. The van der Waals surface area contributed by atoms with Crippen molar-refractivity contribution in [3.63, 3.8) is 0 Å². The molecule has 2 aliphatic heterocycles. The molecular weight excluding hydrogens is 228 g/mol. The van der Waals surface area contributed by atoms with Gasteiger partial charge in [0.15, 0.2) is 5.81 Å². The Morgan fingerprint density at radius 1 is 1.33 bits per heavy atom. The fraction of sp³-hybridized carbons (Fsp3) is 0.750. The fourth-order valence-electron chi connectivity index (χ4n) is 2.09. The zero-order valence-electron chi connectivity index (χ0n) is 11.5. The third kappa shape index (κ3) is 2.36. The number of hydrogen-bond acceptors (Lipinski definition) is 3. The Hall–Kier alpha value is -0.740. The SMILES string of the molecule is [B]C(=O)N1CC=C(B2OC(C)(C)C(C)(C)O2)CC1. The second-order valence-electron chi connectivity index (χ2n) is 5.90. The van der Waals surface area contributed by atoms with E-state index in [0.29, 0.717) is 13.1 Å². The third-order valence-corrected chi connectivity index (χ3v) is 4.11. The number of hydrogen-bond donors (Lipinski definition) is 0. The molecule has 96 valence electrons. The molecule has 0 saturated carbocycles. The highest BCUT2D eigenvalue weighted by Crippen LogP contribution is 2.39. The normalized spacial score (nSPS) is 26.1. The summed E-state index contributed by atoms with van der Waals surface area (Å²) in [6.07, 6.45) is 2.73. The highest BCUT2D eigenvalue weighted by molar-refractivity contribution is 6.57. The molecule has 0 aromatic rings. The Kier molecular flexibility index (Phi) is 3.36. The lowest BCUT2D eigenvalue weighted by atomic mass is 9.74. The van der Waals surface area contributed by atoms with E-state index in [1.165, 1.54) is 0 Å². The Labute approximate surface area is 110 Å². The van der Waals surface area contributed by atoms with E-state index < -0.39 is 0 Å². The van der Waals surface area contributed by atoms with Crippen molar-refractivity contribution in [2.45, 2.75) is 45.3 Å². The summed E-state index contributed by atoms with van der Waals surface area (Å²) in [5, 5.41) is 0. The molecule has 1 fully saturated rings. The highest BCUT2D eigenvalue weighted by atomic mass is 16.7. The lowest BCUT2D eigenvalue weighted by molar-refractivity contribution is 0.00578. The van der Waals surface area contributed by atoms with Crippen LogP contribution in [0.4, 0.5) is 4.79 Å². The maximum atomic E-state index is 11.0. The molecule has 0 unspecified atom stereocenters. The molecule has 0 aliphatic carbocycles. The van der Waals surface area contributed by atoms with Gasteiger partial charge in [0.2, 0.25) is 7.85 Å². The van der Waals surface area contributed by atoms with Crippen LogP contribution in [-0.2, 0) is 9.31 Å². The van der Waals surface area contributed by atoms with Gasteiger partial charge in [0.1, 0.15) is 0 Å². The van der Waals surface area contributed by atoms with Crippen molar-refractivity contribution in [2.24, 2.45) is 0 Å². The number of nitrogens with zero attached hydrogens (tertiary/aromatic N) is 1. The van der Waals surface area contributed by atoms with Gasteiger partial charge >= 0.3 is 7.12 Å². The van der Waals surface area contributed by atoms with Gasteiger partial charge in [-0.25, -0.2) is 0 Å². The first kappa shape index (κ1) is 13.7. The first-order chi connectivity index (χ1) is 8.23. The highest BCUT2D eigenvalue weighted by Gasteiger charge is 2.52. The van der Waals surface area contributed by atoms with Gasteiger partial charge in [-0.05, 0) is 39.6 Å². The number of amides is 1. The molecule has 18 heavy (non-hydrogen) atoms. The number of rotatable bonds is 1. The van der Waals surface area contributed by atoms with Crippen LogP contribution in [0.25, 0.3) is 0 Å². The van der Waals surface area contributed by atoms with Gasteiger partial charge in [-0.15, -0.1) is 0 Å². The maximum Gasteiger partial charge on any atom is 0.490 e. The minimum absolute atomic E-state index is 0.301. The van der Waals surface area contributed by atoms with Crippen LogP contribution in [0.5, 0.6) is 0 Å². The quantitative estimate of drug-likeness (QED) is 0.659. The molecule has 2 radical (unpaired) electrons. The summed E-state index contributed by atoms with van der Waals surface area (Å²) in [7, 11) is 4.95. The maximum absolute atomic E-state index is 11.0. The molecule has 6 heteroatoms. The minimum Gasteiger partial charge on any atom is -0.400 e. The molecule has 2 rings (SSSR count). The van der Waals surface area contributed by atoms with E-state index in [0.717, 1.165) is 11.9 Å². The van der Waals surface area contributed by atoms with Crippen molar-refractivity contribution in [1.82, 2.24) is 4.90 Å².